The summed E-state index contributed by atoms with van der Waals surface area (Å²) < 4.78 is 5.06. The highest BCUT2D eigenvalue weighted by Crippen LogP contribution is 2.14. The summed E-state index contributed by atoms with van der Waals surface area (Å²) in [6.07, 6.45) is 0. The number of rotatable bonds is 7. The maximum Gasteiger partial charge on any atom is 0.251 e. The fraction of sp³-hybridized carbons (Fsp3) is 0.909. The highest BCUT2D eigenvalue weighted by Gasteiger charge is 2.29. The highest BCUT2D eigenvalue weighted by molar-refractivity contribution is 5.81. The number of carbonyl (C=O) groups excluding carboxylic acids is 1. The molecule has 1 amide bonds. The number of hydrogen-bond acceptors (Lipinski definition) is 4. The molecular formula is C11H25N3O2. The lowest BCUT2D eigenvalue weighted by Crippen LogP contribution is -2.54. The number of nitrogens with zero attached hydrogens (tertiary/aromatic N) is 1. The van der Waals surface area contributed by atoms with Crippen molar-refractivity contribution in [2.24, 2.45) is 11.8 Å². The Kier molecular flexibility index (Phi) is 7.29. The minimum atomic E-state index is -0.208. The maximum atomic E-state index is 11.7. The van der Waals surface area contributed by atoms with Crippen molar-refractivity contribution in [1.29, 1.82) is 0 Å². The van der Waals surface area contributed by atoms with Crippen LogP contribution in [0.4, 0.5) is 0 Å². The van der Waals surface area contributed by atoms with Crippen LogP contribution in [0.25, 0.3) is 0 Å². The van der Waals surface area contributed by atoms with E-state index in [1.54, 1.807) is 7.11 Å². The molecule has 96 valence electrons. The summed E-state index contributed by atoms with van der Waals surface area (Å²) in [6.45, 7) is 9.50. The minimum Gasteiger partial charge on any atom is -0.383 e. The second kappa shape index (κ2) is 7.60. The summed E-state index contributed by atoms with van der Waals surface area (Å²) in [5, 5.41) is 0. The van der Waals surface area contributed by atoms with E-state index in [2.05, 4.69) is 24.2 Å². The van der Waals surface area contributed by atoms with Gasteiger partial charge < -0.3 is 4.74 Å². The van der Waals surface area contributed by atoms with E-state index in [1.807, 2.05) is 13.8 Å². The van der Waals surface area contributed by atoms with Gasteiger partial charge in [0.1, 0.15) is 0 Å². The first-order valence-electron chi connectivity index (χ1n) is 5.70. The van der Waals surface area contributed by atoms with Crippen molar-refractivity contribution in [3.05, 3.63) is 0 Å². The molecule has 0 aliphatic rings. The quantitative estimate of drug-likeness (QED) is 0.377. The Morgan fingerprint density at radius 3 is 2.25 bits per heavy atom. The second-order valence-electron chi connectivity index (χ2n) is 4.52. The molecule has 5 nitrogen and oxygen atoms in total. The van der Waals surface area contributed by atoms with Gasteiger partial charge in [0.2, 0.25) is 0 Å². The van der Waals surface area contributed by atoms with E-state index in [-0.39, 0.29) is 23.9 Å². The third kappa shape index (κ3) is 4.47. The number of hydrogen-bond donors (Lipinski definition) is 2. The van der Waals surface area contributed by atoms with Gasteiger partial charge in [0, 0.05) is 19.7 Å². The standard InChI is InChI=1S/C11H25N3O2/c1-8(2)10(11(15)13-12)14(9(3)4)6-7-16-5/h8-10H,6-7,12H2,1-5H3,(H,13,15). The molecule has 1 unspecified atom stereocenters. The van der Waals surface area contributed by atoms with Gasteiger partial charge >= 0.3 is 0 Å². The molecule has 0 aromatic heterocycles. The van der Waals surface area contributed by atoms with Gasteiger partial charge in [0.15, 0.2) is 0 Å². The number of ether oxygens (including phenoxy) is 1. The Morgan fingerprint density at radius 2 is 1.94 bits per heavy atom. The second-order valence-corrected chi connectivity index (χ2v) is 4.52. The molecule has 3 N–H and O–H groups in total. The zero-order chi connectivity index (χ0) is 12.7. The smallest absolute Gasteiger partial charge is 0.251 e. The Labute approximate surface area is 98.3 Å². The molecule has 0 aromatic carbocycles. The van der Waals surface area contributed by atoms with E-state index in [9.17, 15) is 4.79 Å². The summed E-state index contributed by atoms with van der Waals surface area (Å²) in [6, 6.07) is 0.0694. The van der Waals surface area contributed by atoms with Crippen LogP contribution in [-0.4, -0.2) is 43.2 Å². The van der Waals surface area contributed by atoms with Gasteiger partial charge in [-0.3, -0.25) is 15.1 Å². The first-order chi connectivity index (χ1) is 7.45. The van der Waals surface area contributed by atoms with Gasteiger partial charge in [-0.1, -0.05) is 13.8 Å². The van der Waals surface area contributed by atoms with Crippen molar-refractivity contribution < 1.29 is 9.53 Å². The number of nitrogens with one attached hydrogen (secondary N) is 1. The molecule has 0 spiro atoms. The molecule has 0 aromatic rings. The van der Waals surface area contributed by atoms with Crippen LogP contribution in [0, 0.1) is 5.92 Å². The van der Waals surface area contributed by atoms with E-state index < -0.39 is 0 Å². The average molecular weight is 231 g/mol. The Balaban J connectivity index is 4.72. The number of methoxy groups -OCH3 is 1. The highest BCUT2D eigenvalue weighted by atomic mass is 16.5. The summed E-state index contributed by atoms with van der Waals surface area (Å²) in [7, 11) is 1.66. The lowest BCUT2D eigenvalue weighted by atomic mass is 10.0. The summed E-state index contributed by atoms with van der Waals surface area (Å²) >= 11 is 0. The molecule has 1 atom stereocenters. The SMILES string of the molecule is COCCN(C(C)C)C(C(=O)NN)C(C)C. The molecule has 0 radical (unpaired) electrons. The summed E-state index contributed by atoms with van der Waals surface area (Å²) in [4.78, 5) is 13.9. The van der Waals surface area contributed by atoms with Crippen LogP contribution in [0.3, 0.4) is 0 Å². The Bertz CT molecular complexity index is 207. The van der Waals surface area contributed by atoms with Crippen molar-refractivity contribution in [3.8, 4) is 0 Å². The predicted molar refractivity (Wildman–Crippen MR) is 64.7 cm³/mol. The topological polar surface area (TPSA) is 67.6 Å². The van der Waals surface area contributed by atoms with E-state index >= 15 is 0 Å². The van der Waals surface area contributed by atoms with Crippen LogP contribution >= 0.6 is 0 Å². The molecule has 0 fully saturated rings. The Morgan fingerprint density at radius 1 is 1.38 bits per heavy atom. The van der Waals surface area contributed by atoms with Crippen LogP contribution < -0.4 is 11.3 Å². The van der Waals surface area contributed by atoms with Crippen LogP contribution in [0.1, 0.15) is 27.7 Å². The molecule has 0 rings (SSSR count). The molecule has 0 aliphatic carbocycles. The molecule has 0 aliphatic heterocycles. The molecular weight excluding hydrogens is 206 g/mol. The zero-order valence-electron chi connectivity index (χ0n) is 11.0. The number of hydrazine groups is 1. The molecule has 0 saturated carbocycles. The number of nitrogens with two attached hydrogens (primary N) is 1. The van der Waals surface area contributed by atoms with E-state index in [0.717, 1.165) is 6.54 Å². The first-order valence-corrected chi connectivity index (χ1v) is 5.70. The number of carbonyl (C=O) groups is 1. The molecule has 0 saturated heterocycles. The van der Waals surface area contributed by atoms with Crippen molar-refractivity contribution in [2.45, 2.75) is 39.8 Å². The van der Waals surface area contributed by atoms with Gasteiger partial charge in [0.25, 0.3) is 5.91 Å². The van der Waals surface area contributed by atoms with Gasteiger partial charge in [-0.2, -0.15) is 0 Å². The minimum absolute atomic E-state index is 0.139. The van der Waals surface area contributed by atoms with E-state index in [4.69, 9.17) is 10.6 Å². The Hall–Kier alpha value is -0.650. The van der Waals surface area contributed by atoms with Crippen LogP contribution in [0.5, 0.6) is 0 Å². The van der Waals surface area contributed by atoms with Crippen molar-refractivity contribution >= 4 is 5.91 Å². The fourth-order valence-corrected chi connectivity index (χ4v) is 1.84. The third-order valence-electron chi connectivity index (χ3n) is 2.62. The summed E-state index contributed by atoms with van der Waals surface area (Å²) in [5.74, 6) is 5.29. The van der Waals surface area contributed by atoms with Gasteiger partial charge in [-0.15, -0.1) is 0 Å². The monoisotopic (exact) mass is 231 g/mol. The maximum absolute atomic E-state index is 11.7. The first kappa shape index (κ1) is 15.3. The van der Waals surface area contributed by atoms with Crippen molar-refractivity contribution in [3.63, 3.8) is 0 Å². The lowest BCUT2D eigenvalue weighted by molar-refractivity contribution is -0.129. The van der Waals surface area contributed by atoms with Crippen molar-refractivity contribution in [1.82, 2.24) is 10.3 Å². The fourth-order valence-electron chi connectivity index (χ4n) is 1.84. The largest absolute Gasteiger partial charge is 0.383 e. The zero-order valence-corrected chi connectivity index (χ0v) is 11.0. The lowest BCUT2D eigenvalue weighted by Gasteiger charge is -2.35. The molecule has 5 heteroatoms. The normalized spacial score (nSPS) is 13.6. The number of amides is 1. The van der Waals surface area contributed by atoms with Crippen molar-refractivity contribution in [2.75, 3.05) is 20.3 Å². The van der Waals surface area contributed by atoms with Gasteiger partial charge in [-0.05, 0) is 19.8 Å². The summed E-state index contributed by atoms with van der Waals surface area (Å²) in [5.41, 5.74) is 2.24. The molecule has 16 heavy (non-hydrogen) atoms. The predicted octanol–water partition coefficient (Wildman–Crippen LogP) is 0.358. The average Bonchev–Trinajstić information content (AvgIpc) is 2.22. The van der Waals surface area contributed by atoms with Crippen LogP contribution in [0.2, 0.25) is 0 Å². The van der Waals surface area contributed by atoms with E-state index in [1.165, 1.54) is 0 Å². The van der Waals surface area contributed by atoms with Gasteiger partial charge in [0.05, 0.1) is 12.6 Å². The van der Waals surface area contributed by atoms with Gasteiger partial charge in [-0.25, -0.2) is 5.84 Å². The van der Waals surface area contributed by atoms with Crippen LogP contribution in [-0.2, 0) is 9.53 Å². The molecule has 0 heterocycles. The van der Waals surface area contributed by atoms with Crippen LogP contribution in [0.15, 0.2) is 0 Å². The third-order valence-corrected chi connectivity index (χ3v) is 2.62. The van der Waals surface area contributed by atoms with E-state index in [0.29, 0.717) is 6.61 Å². The molecule has 0 bridgehead atoms.